The van der Waals surface area contributed by atoms with Crippen LogP contribution in [0.25, 0.3) is 10.9 Å². The Hall–Kier alpha value is -3.53. The zero-order valence-corrected chi connectivity index (χ0v) is 16.8. The van der Waals surface area contributed by atoms with E-state index in [9.17, 15) is 4.79 Å². The number of rotatable bonds is 5. The van der Waals surface area contributed by atoms with Crippen LogP contribution < -0.4 is 11.1 Å². The second-order valence-electron chi connectivity index (χ2n) is 6.27. The average Bonchev–Trinajstić information content (AvgIpc) is 3.15. The van der Waals surface area contributed by atoms with Gasteiger partial charge < -0.3 is 15.6 Å². The van der Waals surface area contributed by atoms with Crippen LogP contribution >= 0.6 is 11.6 Å². The van der Waals surface area contributed by atoms with Crippen LogP contribution in [0.15, 0.2) is 90.0 Å². The Labute approximate surface area is 174 Å². The molecule has 1 aromatic heterocycles. The molecule has 3 rings (SSSR count). The van der Waals surface area contributed by atoms with Gasteiger partial charge in [-0.05, 0) is 48.9 Å². The maximum absolute atomic E-state index is 12.8. The Morgan fingerprint density at radius 3 is 2.83 bits per heavy atom. The Kier molecular flexibility index (Phi) is 6.35. The summed E-state index contributed by atoms with van der Waals surface area (Å²) in [5, 5.41) is 4.40. The number of benzene rings is 2. The summed E-state index contributed by atoms with van der Waals surface area (Å²) in [7, 11) is 0. The molecule has 0 saturated heterocycles. The summed E-state index contributed by atoms with van der Waals surface area (Å²) in [5.74, 6) is 0.631. The zero-order valence-electron chi connectivity index (χ0n) is 16.0. The molecule has 0 aliphatic rings. The highest BCUT2D eigenvalue weighted by atomic mass is 35.5. The normalized spacial score (nSPS) is 11.6. The molecular formula is C23H21ClN4O. The first-order chi connectivity index (χ1) is 14.0. The summed E-state index contributed by atoms with van der Waals surface area (Å²) in [6.45, 7) is 5.80. The van der Waals surface area contributed by atoms with E-state index in [1.165, 1.54) is 0 Å². The molecule has 0 atom stereocenters. The molecule has 0 aliphatic carbocycles. The lowest BCUT2D eigenvalue weighted by molar-refractivity contribution is 0.0952. The van der Waals surface area contributed by atoms with Gasteiger partial charge in [-0.1, -0.05) is 48.2 Å². The van der Waals surface area contributed by atoms with Crippen LogP contribution in [0.4, 0.5) is 0 Å². The van der Waals surface area contributed by atoms with Gasteiger partial charge in [0, 0.05) is 28.7 Å². The molecule has 0 unspecified atom stereocenters. The van der Waals surface area contributed by atoms with E-state index in [1.807, 2.05) is 66.2 Å². The third-order valence-electron chi connectivity index (χ3n) is 4.30. The second-order valence-corrected chi connectivity index (χ2v) is 6.71. The monoisotopic (exact) mass is 404 g/mol. The molecule has 0 saturated carbocycles. The third-order valence-corrected chi connectivity index (χ3v) is 4.53. The molecule has 29 heavy (non-hydrogen) atoms. The van der Waals surface area contributed by atoms with Gasteiger partial charge in [0.05, 0.1) is 5.52 Å². The number of hydrogen-bond donors (Lipinski definition) is 2. The fraction of sp³-hybridized carbons (Fsp3) is 0.0870. The van der Waals surface area contributed by atoms with Gasteiger partial charge in [-0.15, -0.1) is 0 Å². The quantitative estimate of drug-likeness (QED) is 0.369. The Balaban J connectivity index is 1.94. The molecule has 146 valence electrons. The van der Waals surface area contributed by atoms with Crippen molar-refractivity contribution in [1.82, 2.24) is 9.88 Å². The minimum absolute atomic E-state index is 0.164. The maximum Gasteiger partial charge on any atom is 0.252 e. The van der Waals surface area contributed by atoms with Crippen LogP contribution in [0.2, 0.25) is 5.02 Å². The lowest BCUT2D eigenvalue weighted by atomic mass is 10.1. The minimum atomic E-state index is -0.164. The van der Waals surface area contributed by atoms with Crippen molar-refractivity contribution in [2.75, 3.05) is 0 Å². The molecule has 0 bridgehead atoms. The molecule has 1 amide bonds. The number of carbonyl (C=O) groups excluding carboxylic acids is 1. The summed E-state index contributed by atoms with van der Waals surface area (Å²) in [6, 6.07) is 14.9. The van der Waals surface area contributed by atoms with Crippen molar-refractivity contribution < 1.29 is 4.79 Å². The lowest BCUT2D eigenvalue weighted by Crippen LogP contribution is -2.23. The van der Waals surface area contributed by atoms with Gasteiger partial charge in [-0.3, -0.25) is 4.79 Å². The van der Waals surface area contributed by atoms with Gasteiger partial charge in [0.2, 0.25) is 0 Å². The van der Waals surface area contributed by atoms with Gasteiger partial charge in [0.15, 0.2) is 5.82 Å². The van der Waals surface area contributed by atoms with Crippen molar-refractivity contribution in [1.29, 1.82) is 0 Å². The van der Waals surface area contributed by atoms with E-state index in [1.54, 1.807) is 12.1 Å². The Morgan fingerprint density at radius 1 is 1.31 bits per heavy atom. The second kappa shape index (κ2) is 9.11. The fourth-order valence-corrected chi connectivity index (χ4v) is 3.19. The number of allylic oxidation sites excluding steroid dienone is 2. The summed E-state index contributed by atoms with van der Waals surface area (Å²) in [4.78, 5) is 17.1. The first-order valence-corrected chi connectivity index (χ1v) is 9.41. The number of nitrogens with zero attached hydrogens (tertiary/aromatic N) is 2. The number of carbonyl (C=O) groups is 1. The van der Waals surface area contributed by atoms with Crippen LogP contribution in [0.1, 0.15) is 22.8 Å². The summed E-state index contributed by atoms with van der Waals surface area (Å²) >= 11 is 6.01. The SMILES string of the molecule is C=C=C(N)/N=C(\C=C/C)n1ccc2c(C(=O)NCc3cccc(Cl)c3)cccc21. The number of halogens is 1. The number of nitrogens with two attached hydrogens (primary N) is 1. The highest BCUT2D eigenvalue weighted by Gasteiger charge is 2.13. The van der Waals surface area contributed by atoms with Gasteiger partial charge in [-0.25, -0.2) is 4.99 Å². The third kappa shape index (κ3) is 4.66. The van der Waals surface area contributed by atoms with E-state index in [4.69, 9.17) is 17.3 Å². The van der Waals surface area contributed by atoms with E-state index in [0.717, 1.165) is 16.5 Å². The molecule has 1 heterocycles. The fourth-order valence-electron chi connectivity index (χ4n) is 2.97. The number of amides is 1. The largest absolute Gasteiger partial charge is 0.377 e. The van der Waals surface area contributed by atoms with Crippen molar-refractivity contribution in [3.63, 3.8) is 0 Å². The van der Waals surface area contributed by atoms with Crippen LogP contribution in [0.5, 0.6) is 0 Å². The van der Waals surface area contributed by atoms with Crippen molar-refractivity contribution in [3.05, 3.63) is 101 Å². The van der Waals surface area contributed by atoms with Crippen LogP contribution in [0, 0.1) is 0 Å². The van der Waals surface area contributed by atoms with Crippen molar-refractivity contribution >= 4 is 34.2 Å². The molecule has 0 fully saturated rings. The van der Waals surface area contributed by atoms with E-state index >= 15 is 0 Å². The van der Waals surface area contributed by atoms with Gasteiger partial charge in [-0.2, -0.15) is 0 Å². The highest BCUT2D eigenvalue weighted by molar-refractivity contribution is 6.30. The zero-order chi connectivity index (χ0) is 20.8. The Bertz CT molecular complexity index is 1170. The van der Waals surface area contributed by atoms with E-state index in [-0.39, 0.29) is 11.7 Å². The first kappa shape index (κ1) is 20.2. The van der Waals surface area contributed by atoms with E-state index < -0.39 is 0 Å². The smallest absolute Gasteiger partial charge is 0.252 e. The van der Waals surface area contributed by atoms with E-state index in [2.05, 4.69) is 22.6 Å². The van der Waals surface area contributed by atoms with Crippen LogP contribution in [0.3, 0.4) is 0 Å². The summed E-state index contributed by atoms with van der Waals surface area (Å²) in [6.07, 6.45) is 5.55. The van der Waals surface area contributed by atoms with Crippen LogP contribution in [-0.2, 0) is 6.54 Å². The number of nitrogens with one attached hydrogen (secondary N) is 1. The number of aliphatic imine (C=N–C) groups is 1. The van der Waals surface area contributed by atoms with Crippen molar-refractivity contribution in [2.45, 2.75) is 13.5 Å². The molecule has 0 radical (unpaired) electrons. The van der Waals surface area contributed by atoms with Gasteiger partial charge in [0.1, 0.15) is 5.84 Å². The topological polar surface area (TPSA) is 72.4 Å². The van der Waals surface area contributed by atoms with E-state index in [0.29, 0.717) is 23.0 Å². The molecule has 2 aromatic carbocycles. The molecular weight excluding hydrogens is 384 g/mol. The molecule has 3 N–H and O–H groups in total. The van der Waals surface area contributed by atoms with Gasteiger partial charge in [0.25, 0.3) is 5.91 Å². The van der Waals surface area contributed by atoms with Gasteiger partial charge >= 0.3 is 0 Å². The number of aromatic nitrogens is 1. The lowest BCUT2D eigenvalue weighted by Gasteiger charge is -2.09. The summed E-state index contributed by atoms with van der Waals surface area (Å²) < 4.78 is 1.87. The van der Waals surface area contributed by atoms with Crippen LogP contribution in [-0.4, -0.2) is 16.3 Å². The minimum Gasteiger partial charge on any atom is -0.377 e. The predicted molar refractivity (Wildman–Crippen MR) is 119 cm³/mol. The van der Waals surface area contributed by atoms with Crippen molar-refractivity contribution in [3.8, 4) is 0 Å². The average molecular weight is 405 g/mol. The van der Waals surface area contributed by atoms with Crippen molar-refractivity contribution in [2.24, 2.45) is 10.7 Å². The first-order valence-electron chi connectivity index (χ1n) is 9.03. The standard InChI is InChI=1S/C23H21ClN4O/c1-3-7-22(27-21(25)4-2)28-13-12-18-19(10-6-11-20(18)28)23(29)26-15-16-8-5-9-17(24)14-16/h3,5-14H,2,15,25H2,1H3,(H,26,29)/b7-3-,27-22+. The molecule has 0 aliphatic heterocycles. The maximum atomic E-state index is 12.8. The predicted octanol–water partition coefficient (Wildman–Crippen LogP) is 4.63. The number of fused-ring (bicyclic) bond motifs is 1. The Morgan fingerprint density at radius 2 is 2.10 bits per heavy atom. The number of hydrogen-bond acceptors (Lipinski definition) is 3. The molecule has 0 spiro atoms. The molecule has 3 aromatic rings. The molecule has 6 heteroatoms. The highest BCUT2D eigenvalue weighted by Crippen LogP contribution is 2.21. The summed E-state index contributed by atoms with van der Waals surface area (Å²) in [5.41, 5.74) is 10.7. The molecule has 5 nitrogen and oxygen atoms in total.